The topological polar surface area (TPSA) is 87.0 Å². The van der Waals surface area contributed by atoms with Crippen LogP contribution >= 0.6 is 0 Å². The van der Waals surface area contributed by atoms with Crippen molar-refractivity contribution < 1.29 is 24.9 Å². The van der Waals surface area contributed by atoms with Gasteiger partial charge in [0.05, 0.1) is 12.7 Å². The van der Waals surface area contributed by atoms with Gasteiger partial charge in [0.15, 0.2) is 0 Å². The number of allylic oxidation sites excluding steroid dienone is 1. The molecule has 2 fully saturated rings. The smallest absolute Gasteiger partial charge is 0.329 e. The van der Waals surface area contributed by atoms with Gasteiger partial charge in [-0.25, -0.2) is 4.79 Å². The summed E-state index contributed by atoms with van der Waals surface area (Å²) in [4.78, 5) is 10.5. The van der Waals surface area contributed by atoms with Gasteiger partial charge in [-0.15, -0.1) is 11.8 Å². The molecule has 2 saturated carbocycles. The molecule has 0 aromatic heterocycles. The molecular formula is C22H30O5. The van der Waals surface area contributed by atoms with Gasteiger partial charge in [0.1, 0.15) is 12.7 Å². The molecule has 5 nitrogen and oxygen atoms in total. The van der Waals surface area contributed by atoms with Crippen molar-refractivity contribution in [3.63, 3.8) is 0 Å². The van der Waals surface area contributed by atoms with Gasteiger partial charge in [0.25, 0.3) is 0 Å². The van der Waals surface area contributed by atoms with Crippen molar-refractivity contribution in [1.82, 2.24) is 0 Å². The van der Waals surface area contributed by atoms with Crippen molar-refractivity contribution in [2.45, 2.75) is 58.2 Å². The summed E-state index contributed by atoms with van der Waals surface area (Å²) in [6.07, 6.45) is 4.69. The maximum absolute atomic E-state index is 10.5. The highest BCUT2D eigenvalue weighted by Crippen LogP contribution is 2.49. The zero-order valence-electron chi connectivity index (χ0n) is 16.1. The number of ether oxygens (including phenoxy) is 1. The van der Waals surface area contributed by atoms with Crippen LogP contribution in [0.3, 0.4) is 0 Å². The number of fused-ring (bicyclic) bond motifs is 1. The van der Waals surface area contributed by atoms with Crippen LogP contribution in [0.2, 0.25) is 0 Å². The lowest BCUT2D eigenvalue weighted by atomic mass is 9.91. The first-order valence-electron chi connectivity index (χ1n) is 9.72. The van der Waals surface area contributed by atoms with Crippen LogP contribution < -0.4 is 0 Å². The fourth-order valence-electron chi connectivity index (χ4n) is 3.95. The molecule has 0 heterocycles. The summed E-state index contributed by atoms with van der Waals surface area (Å²) in [5, 5.41) is 29.2. The molecule has 0 radical (unpaired) electrons. The molecule has 2 rings (SSSR count). The lowest BCUT2D eigenvalue weighted by Crippen LogP contribution is -2.19. The number of hydrogen-bond donors (Lipinski definition) is 3. The number of rotatable bonds is 6. The molecule has 0 unspecified atom stereocenters. The van der Waals surface area contributed by atoms with Crippen molar-refractivity contribution in [1.29, 1.82) is 0 Å². The van der Waals surface area contributed by atoms with Crippen molar-refractivity contribution in [2.75, 3.05) is 13.2 Å². The number of carboxylic acid groups (broad SMARTS) is 1. The number of carboxylic acids is 1. The highest BCUT2D eigenvalue weighted by Gasteiger charge is 2.45. The van der Waals surface area contributed by atoms with Crippen molar-refractivity contribution in [2.24, 2.45) is 23.7 Å². The summed E-state index contributed by atoms with van der Waals surface area (Å²) < 4.78 is 5.08. The third kappa shape index (κ3) is 6.40. The first-order valence-corrected chi connectivity index (χ1v) is 9.72. The standard InChI is InChI=1S/C22H30O5/c1-3-4-5-6-15(2)20(23)8-7-18-19-12-16(9-10-27-14-22(25)26)11-17(19)13-21(18)24/h9,15,17-21,23-24H,3,6,10-14H2,1-2H3,(H,25,26)/b16-9+/t15-,17+,18-,19+,20-,21-/m1/s1. The Morgan fingerprint density at radius 1 is 1.37 bits per heavy atom. The van der Waals surface area contributed by atoms with Crippen LogP contribution in [-0.2, 0) is 9.53 Å². The van der Waals surface area contributed by atoms with Crippen LogP contribution in [0, 0.1) is 47.4 Å². The fourth-order valence-corrected chi connectivity index (χ4v) is 3.95. The maximum Gasteiger partial charge on any atom is 0.329 e. The van der Waals surface area contributed by atoms with E-state index in [1.165, 1.54) is 5.57 Å². The minimum absolute atomic E-state index is 0.0173. The summed E-state index contributed by atoms with van der Waals surface area (Å²) in [6, 6.07) is 0. The Morgan fingerprint density at radius 3 is 2.85 bits per heavy atom. The van der Waals surface area contributed by atoms with E-state index >= 15 is 0 Å². The first kappa shape index (κ1) is 21.5. The van der Waals surface area contributed by atoms with Crippen LogP contribution in [0.15, 0.2) is 11.6 Å². The second-order valence-electron chi connectivity index (χ2n) is 7.55. The van der Waals surface area contributed by atoms with Gasteiger partial charge < -0.3 is 20.1 Å². The summed E-state index contributed by atoms with van der Waals surface area (Å²) in [5.74, 6) is 11.7. The zero-order valence-corrected chi connectivity index (χ0v) is 16.1. The average Bonchev–Trinajstić information content (AvgIpc) is 3.13. The molecule has 5 heteroatoms. The summed E-state index contributed by atoms with van der Waals surface area (Å²) >= 11 is 0. The SMILES string of the molecule is CCC#CC[C@@H](C)[C@H](O)C#C[C@@H]1[C@H]2C/C(=C/COCC(=O)O)C[C@H]2C[C@H]1O. The molecule has 148 valence electrons. The number of aliphatic hydroxyl groups is 2. The summed E-state index contributed by atoms with van der Waals surface area (Å²) in [6.45, 7) is 3.94. The Kier molecular flexibility index (Phi) is 8.38. The third-order valence-corrected chi connectivity index (χ3v) is 5.43. The van der Waals surface area contributed by atoms with E-state index in [0.717, 1.165) is 25.7 Å². The molecule has 6 atom stereocenters. The molecule has 0 aliphatic heterocycles. The molecule has 3 N–H and O–H groups in total. The molecule has 27 heavy (non-hydrogen) atoms. The van der Waals surface area contributed by atoms with Gasteiger partial charge in [-0.2, -0.15) is 0 Å². The Balaban J connectivity index is 1.91. The first-order chi connectivity index (χ1) is 12.9. The molecule has 2 aliphatic rings. The monoisotopic (exact) mass is 374 g/mol. The van der Waals surface area contributed by atoms with Crippen LogP contribution in [-0.4, -0.2) is 46.7 Å². The summed E-state index contributed by atoms with van der Waals surface area (Å²) in [7, 11) is 0. The number of aliphatic carboxylic acids is 1. The minimum Gasteiger partial charge on any atom is -0.480 e. The summed E-state index contributed by atoms with van der Waals surface area (Å²) in [5.41, 5.74) is 1.25. The number of carbonyl (C=O) groups is 1. The second-order valence-corrected chi connectivity index (χ2v) is 7.55. The van der Waals surface area contributed by atoms with E-state index in [2.05, 4.69) is 23.7 Å². The predicted octanol–water partition coefficient (Wildman–Crippen LogP) is 2.22. The van der Waals surface area contributed by atoms with Crippen molar-refractivity contribution in [3.8, 4) is 23.7 Å². The Labute approximate surface area is 161 Å². The van der Waals surface area contributed by atoms with E-state index in [-0.39, 0.29) is 18.4 Å². The van der Waals surface area contributed by atoms with E-state index in [1.807, 2.05) is 19.9 Å². The Morgan fingerprint density at radius 2 is 2.15 bits per heavy atom. The normalized spacial score (nSPS) is 30.0. The fraction of sp³-hybridized carbons (Fsp3) is 0.682. The largest absolute Gasteiger partial charge is 0.480 e. The molecule has 0 saturated heterocycles. The van der Waals surface area contributed by atoms with Gasteiger partial charge in [-0.3, -0.25) is 0 Å². The highest BCUT2D eigenvalue weighted by atomic mass is 16.5. The Bertz CT molecular complexity index is 660. The third-order valence-electron chi connectivity index (χ3n) is 5.43. The van der Waals surface area contributed by atoms with Crippen molar-refractivity contribution in [3.05, 3.63) is 11.6 Å². The minimum atomic E-state index is -0.969. The highest BCUT2D eigenvalue weighted by molar-refractivity contribution is 5.68. The van der Waals surface area contributed by atoms with Crippen molar-refractivity contribution >= 4 is 5.97 Å². The van der Waals surface area contributed by atoms with Crippen LogP contribution in [0.25, 0.3) is 0 Å². The number of aliphatic hydroxyl groups excluding tert-OH is 2. The molecule has 0 bridgehead atoms. The van der Waals surface area contributed by atoms with Gasteiger partial charge >= 0.3 is 5.97 Å². The van der Waals surface area contributed by atoms with Gasteiger partial charge in [-0.1, -0.05) is 37.3 Å². The van der Waals surface area contributed by atoms with Gasteiger partial charge in [0.2, 0.25) is 0 Å². The Hall–Kier alpha value is -1.79. The average molecular weight is 374 g/mol. The quantitative estimate of drug-likeness (QED) is 0.377. The molecule has 0 spiro atoms. The van der Waals surface area contributed by atoms with Gasteiger partial charge in [-0.05, 0) is 31.1 Å². The van der Waals surface area contributed by atoms with Crippen LogP contribution in [0.1, 0.15) is 46.0 Å². The lowest BCUT2D eigenvalue weighted by molar-refractivity contribution is -0.141. The van der Waals surface area contributed by atoms with Gasteiger partial charge in [0, 0.05) is 24.7 Å². The van der Waals surface area contributed by atoms with E-state index in [9.17, 15) is 15.0 Å². The van der Waals surface area contributed by atoms with E-state index in [1.54, 1.807) is 0 Å². The molecule has 0 amide bonds. The second kappa shape index (κ2) is 10.5. The van der Waals surface area contributed by atoms with E-state index in [0.29, 0.717) is 24.9 Å². The van der Waals surface area contributed by atoms with E-state index < -0.39 is 18.2 Å². The lowest BCUT2D eigenvalue weighted by Gasteiger charge is -2.16. The number of hydrogen-bond acceptors (Lipinski definition) is 4. The van der Waals surface area contributed by atoms with E-state index in [4.69, 9.17) is 9.84 Å². The molecule has 2 aliphatic carbocycles. The molecule has 0 aromatic carbocycles. The predicted molar refractivity (Wildman–Crippen MR) is 102 cm³/mol. The molecule has 0 aromatic rings. The van der Waals surface area contributed by atoms with Crippen LogP contribution in [0.5, 0.6) is 0 Å². The molecular weight excluding hydrogens is 344 g/mol. The zero-order chi connectivity index (χ0) is 19.8. The van der Waals surface area contributed by atoms with Crippen LogP contribution in [0.4, 0.5) is 0 Å². The maximum atomic E-state index is 10.5.